The Labute approximate surface area is 136 Å². The molecule has 1 heterocycles. The van der Waals surface area contributed by atoms with Gasteiger partial charge in [0.15, 0.2) is 6.61 Å². The molecule has 0 aliphatic carbocycles. The number of anilines is 1. The quantitative estimate of drug-likeness (QED) is 0.372. The van der Waals surface area contributed by atoms with Crippen LogP contribution in [-0.2, 0) is 14.3 Å². The number of non-ortho nitro benzene ring substituents is 1. The number of nitrogens with one attached hydrogen (secondary N) is 1. The maximum absolute atomic E-state index is 11.5. The van der Waals surface area contributed by atoms with Crippen LogP contribution in [0, 0.1) is 17.0 Å². The van der Waals surface area contributed by atoms with E-state index in [0.29, 0.717) is 11.3 Å². The first kappa shape index (κ1) is 16.9. The van der Waals surface area contributed by atoms with Gasteiger partial charge in [0.05, 0.1) is 10.6 Å². The summed E-state index contributed by atoms with van der Waals surface area (Å²) in [5.41, 5.74) is 1.14. The highest BCUT2D eigenvalue weighted by molar-refractivity contribution is 5.93. The first-order chi connectivity index (χ1) is 11.4. The molecule has 0 radical (unpaired) electrons. The van der Waals surface area contributed by atoms with Crippen LogP contribution >= 0.6 is 0 Å². The number of nitrogens with zero attached hydrogens (tertiary/aromatic N) is 2. The Morgan fingerprint density at radius 3 is 2.67 bits per heavy atom. The molecule has 0 unspecified atom stereocenters. The van der Waals surface area contributed by atoms with E-state index in [1.54, 1.807) is 6.92 Å². The average Bonchev–Trinajstić information content (AvgIpc) is 2.96. The SMILES string of the molecule is Cc1cc(NC(=O)COC(=O)/C=C/c2ccc([N+](=O)[O-])cc2)on1. The van der Waals surface area contributed by atoms with Crippen LogP contribution in [0.15, 0.2) is 40.9 Å². The monoisotopic (exact) mass is 331 g/mol. The van der Waals surface area contributed by atoms with Crippen molar-refractivity contribution < 1.29 is 23.8 Å². The third-order valence-electron chi connectivity index (χ3n) is 2.75. The maximum Gasteiger partial charge on any atom is 0.331 e. The highest BCUT2D eigenvalue weighted by Gasteiger charge is 2.08. The van der Waals surface area contributed by atoms with Gasteiger partial charge in [-0.05, 0) is 30.7 Å². The molecule has 0 bridgehead atoms. The number of benzene rings is 1. The predicted octanol–water partition coefficient (Wildman–Crippen LogP) is 2.09. The van der Waals surface area contributed by atoms with Gasteiger partial charge in [-0.3, -0.25) is 20.2 Å². The van der Waals surface area contributed by atoms with Crippen molar-refractivity contribution in [3.8, 4) is 0 Å². The van der Waals surface area contributed by atoms with E-state index in [1.807, 2.05) is 0 Å². The first-order valence-corrected chi connectivity index (χ1v) is 6.76. The minimum atomic E-state index is -0.725. The van der Waals surface area contributed by atoms with E-state index in [2.05, 4.69) is 10.5 Å². The van der Waals surface area contributed by atoms with Crippen LogP contribution < -0.4 is 5.32 Å². The van der Waals surface area contributed by atoms with Crippen LogP contribution in [0.4, 0.5) is 11.6 Å². The van der Waals surface area contributed by atoms with Crippen LogP contribution in [0.1, 0.15) is 11.3 Å². The molecular formula is C15H13N3O6. The topological polar surface area (TPSA) is 125 Å². The normalized spacial score (nSPS) is 10.5. The van der Waals surface area contributed by atoms with Crippen LogP contribution in [0.5, 0.6) is 0 Å². The number of hydrogen-bond acceptors (Lipinski definition) is 7. The number of nitro benzene ring substituents is 1. The van der Waals surface area contributed by atoms with Gasteiger partial charge in [0.2, 0.25) is 5.88 Å². The van der Waals surface area contributed by atoms with Crippen molar-refractivity contribution in [2.24, 2.45) is 0 Å². The molecule has 9 nitrogen and oxygen atoms in total. The lowest BCUT2D eigenvalue weighted by atomic mass is 10.2. The lowest BCUT2D eigenvalue weighted by molar-refractivity contribution is -0.384. The number of hydrogen-bond donors (Lipinski definition) is 1. The van der Waals surface area contributed by atoms with E-state index in [4.69, 9.17) is 9.26 Å². The molecule has 0 saturated carbocycles. The Hall–Kier alpha value is -3.49. The number of rotatable bonds is 6. The molecule has 9 heteroatoms. The van der Waals surface area contributed by atoms with E-state index < -0.39 is 23.4 Å². The molecule has 0 saturated heterocycles. The van der Waals surface area contributed by atoms with Crippen molar-refractivity contribution in [1.82, 2.24) is 5.16 Å². The molecule has 0 aliphatic heterocycles. The van der Waals surface area contributed by atoms with Gasteiger partial charge >= 0.3 is 5.97 Å². The second kappa shape index (κ2) is 7.68. The average molecular weight is 331 g/mol. The summed E-state index contributed by atoms with van der Waals surface area (Å²) in [5.74, 6) is -1.13. The fourth-order valence-corrected chi connectivity index (χ4v) is 1.65. The molecule has 124 valence electrons. The third kappa shape index (κ3) is 5.05. The van der Waals surface area contributed by atoms with Gasteiger partial charge < -0.3 is 9.26 Å². The minimum absolute atomic E-state index is 0.0472. The van der Waals surface area contributed by atoms with Gasteiger partial charge in [0, 0.05) is 24.3 Å². The summed E-state index contributed by atoms with van der Waals surface area (Å²) >= 11 is 0. The summed E-state index contributed by atoms with van der Waals surface area (Å²) in [6.45, 7) is 1.21. The Bertz CT molecular complexity index is 779. The number of aromatic nitrogens is 1. The van der Waals surface area contributed by atoms with Crippen LogP contribution in [0.2, 0.25) is 0 Å². The molecule has 1 aromatic heterocycles. The van der Waals surface area contributed by atoms with Crippen molar-refractivity contribution in [2.75, 3.05) is 11.9 Å². The predicted molar refractivity (Wildman–Crippen MR) is 83.0 cm³/mol. The van der Waals surface area contributed by atoms with Crippen LogP contribution in [0.25, 0.3) is 6.08 Å². The molecule has 0 fully saturated rings. The molecule has 2 rings (SSSR count). The van der Waals surface area contributed by atoms with E-state index in [-0.39, 0.29) is 11.6 Å². The fourth-order valence-electron chi connectivity index (χ4n) is 1.65. The second-order valence-corrected chi connectivity index (χ2v) is 4.67. The highest BCUT2D eigenvalue weighted by atomic mass is 16.6. The summed E-state index contributed by atoms with van der Waals surface area (Å²) in [7, 11) is 0. The number of amides is 1. The van der Waals surface area contributed by atoms with Gasteiger partial charge in [-0.1, -0.05) is 5.16 Å². The van der Waals surface area contributed by atoms with Crippen LogP contribution in [0.3, 0.4) is 0 Å². The largest absolute Gasteiger partial charge is 0.452 e. The van der Waals surface area contributed by atoms with Gasteiger partial charge in [-0.2, -0.15) is 0 Å². The number of ether oxygens (including phenoxy) is 1. The molecule has 2 aromatic rings. The molecule has 1 amide bonds. The lowest BCUT2D eigenvalue weighted by Gasteiger charge is -2.01. The second-order valence-electron chi connectivity index (χ2n) is 4.67. The minimum Gasteiger partial charge on any atom is -0.452 e. The summed E-state index contributed by atoms with van der Waals surface area (Å²) in [5, 5.41) is 16.5. The molecule has 0 atom stereocenters. The van der Waals surface area contributed by atoms with Crippen LogP contribution in [-0.4, -0.2) is 28.6 Å². The van der Waals surface area contributed by atoms with Crippen molar-refractivity contribution in [1.29, 1.82) is 0 Å². The molecule has 0 spiro atoms. The smallest absolute Gasteiger partial charge is 0.331 e. The Morgan fingerprint density at radius 1 is 1.38 bits per heavy atom. The summed E-state index contributed by atoms with van der Waals surface area (Å²) in [4.78, 5) is 33.1. The van der Waals surface area contributed by atoms with E-state index in [1.165, 1.54) is 36.4 Å². The zero-order valence-corrected chi connectivity index (χ0v) is 12.6. The van der Waals surface area contributed by atoms with Gasteiger partial charge in [-0.25, -0.2) is 4.79 Å². The number of carbonyl (C=O) groups is 2. The third-order valence-corrected chi connectivity index (χ3v) is 2.75. The number of carbonyl (C=O) groups excluding carboxylic acids is 2. The lowest BCUT2D eigenvalue weighted by Crippen LogP contribution is -2.19. The summed E-state index contributed by atoms with van der Waals surface area (Å²) in [6, 6.07) is 7.13. The van der Waals surface area contributed by atoms with Gasteiger partial charge in [-0.15, -0.1) is 0 Å². The molecule has 1 aromatic carbocycles. The van der Waals surface area contributed by atoms with Crippen molar-refractivity contribution in [2.45, 2.75) is 6.92 Å². The zero-order chi connectivity index (χ0) is 17.5. The first-order valence-electron chi connectivity index (χ1n) is 6.76. The molecule has 0 aliphatic rings. The maximum atomic E-state index is 11.5. The Balaban J connectivity index is 1.79. The van der Waals surface area contributed by atoms with Crippen molar-refractivity contribution in [3.63, 3.8) is 0 Å². The van der Waals surface area contributed by atoms with E-state index in [0.717, 1.165) is 6.08 Å². The summed E-state index contributed by atoms with van der Waals surface area (Å²) < 4.78 is 9.55. The van der Waals surface area contributed by atoms with E-state index >= 15 is 0 Å². The fraction of sp³-hybridized carbons (Fsp3) is 0.133. The summed E-state index contributed by atoms with van der Waals surface area (Å²) in [6.07, 6.45) is 2.54. The van der Waals surface area contributed by atoms with Crippen molar-refractivity contribution in [3.05, 3.63) is 57.8 Å². The van der Waals surface area contributed by atoms with Crippen molar-refractivity contribution >= 4 is 29.5 Å². The Morgan fingerprint density at radius 2 is 2.08 bits per heavy atom. The van der Waals surface area contributed by atoms with E-state index in [9.17, 15) is 19.7 Å². The number of esters is 1. The molecule has 1 N–H and O–H groups in total. The molecular weight excluding hydrogens is 318 g/mol. The number of nitro groups is 1. The van der Waals surface area contributed by atoms with Gasteiger partial charge in [0.1, 0.15) is 0 Å². The standard InChI is InChI=1S/C15H13N3O6/c1-10-8-14(24-17-10)16-13(19)9-23-15(20)7-4-11-2-5-12(6-3-11)18(21)22/h2-8H,9H2,1H3,(H,16,19)/b7-4+. The highest BCUT2D eigenvalue weighted by Crippen LogP contribution is 2.13. The number of aryl methyl sites for hydroxylation is 1. The Kier molecular flexibility index (Phi) is 5.40. The zero-order valence-electron chi connectivity index (χ0n) is 12.6. The molecule has 24 heavy (non-hydrogen) atoms. The van der Waals surface area contributed by atoms with Gasteiger partial charge in [0.25, 0.3) is 11.6 Å².